The average molecular weight is 561 g/mol. The number of hydrogen-bond donors (Lipinski definition) is 1. The van der Waals surface area contributed by atoms with Gasteiger partial charge in [-0.25, -0.2) is 0 Å². The molecule has 0 saturated heterocycles. The Bertz CT molecular complexity index is 249. The molecule has 0 N–H and O–H groups in total. The van der Waals surface area contributed by atoms with Crippen molar-refractivity contribution in [2.75, 3.05) is 6.26 Å². The summed E-state index contributed by atoms with van der Waals surface area (Å²) in [6.07, 6.45) is 0.683. The van der Waals surface area contributed by atoms with Gasteiger partial charge in [0.25, 0.3) is 0 Å². The Morgan fingerprint density at radius 1 is 0.667 bits per heavy atom. The highest BCUT2D eigenvalue weighted by molar-refractivity contribution is 9.57. The van der Waals surface area contributed by atoms with Gasteiger partial charge in [0.1, 0.15) is 0 Å². The molecular weight excluding hydrogens is 557 g/mol. The molecule has 110 valence electrons. The summed E-state index contributed by atoms with van der Waals surface area (Å²) >= 11 is 14.3. The highest BCUT2D eigenvalue weighted by Gasteiger charge is 2.00. The van der Waals surface area contributed by atoms with Gasteiger partial charge in [0.05, 0.1) is 0 Å². The molecule has 0 heterocycles. The molecule has 0 aromatic carbocycles. The predicted molar refractivity (Wildman–Crippen MR) is 136 cm³/mol. The second kappa shape index (κ2) is 17.5. The van der Waals surface area contributed by atoms with Crippen LogP contribution in [-0.2, 0) is 28.6 Å². The Morgan fingerprint density at radius 2 is 1.00 bits per heavy atom. The monoisotopic (exact) mass is 560 g/mol. The predicted octanol–water partition coefficient (Wildman–Crippen LogP) is 8.97. The minimum Gasteiger partial charge on any atom is -0.0988 e. The third kappa shape index (κ3) is 21.7. The van der Waals surface area contributed by atoms with E-state index in [0.29, 0.717) is 0 Å². The summed E-state index contributed by atoms with van der Waals surface area (Å²) in [6.45, 7) is 0. The molecule has 0 aromatic heterocycles. The van der Waals surface area contributed by atoms with Crippen LogP contribution in [0.25, 0.3) is 0 Å². The van der Waals surface area contributed by atoms with E-state index >= 15 is 0 Å². The van der Waals surface area contributed by atoms with Gasteiger partial charge >= 0.3 is 0 Å². The van der Waals surface area contributed by atoms with Crippen molar-refractivity contribution in [2.45, 2.75) is 0 Å². The summed E-state index contributed by atoms with van der Waals surface area (Å²) in [4.78, 5) is 0. The van der Waals surface area contributed by atoms with Crippen molar-refractivity contribution in [3.8, 4) is 0 Å². The van der Waals surface area contributed by atoms with Gasteiger partial charge in [-0.3, -0.25) is 0 Å². The summed E-state index contributed by atoms with van der Waals surface area (Å²) in [6, 6.07) is 0. The minimum atomic E-state index is -1.27. The normalized spacial score (nSPS) is 11.9. The molecule has 0 aliphatic carbocycles. The fourth-order valence-electron chi connectivity index (χ4n) is 0.176. The Kier molecular flexibility index (Phi) is 23.0. The van der Waals surface area contributed by atoms with E-state index in [2.05, 4.69) is 11.7 Å². The van der Waals surface area contributed by atoms with Gasteiger partial charge in [0.2, 0.25) is 0 Å². The van der Waals surface area contributed by atoms with Gasteiger partial charge in [-0.1, -0.05) is 11.7 Å². The van der Waals surface area contributed by atoms with Crippen LogP contribution >= 0.6 is 139 Å². The van der Waals surface area contributed by atoms with Crippen LogP contribution in [0.1, 0.15) is 0 Å². The topological polar surface area (TPSA) is 0 Å². The van der Waals surface area contributed by atoms with Gasteiger partial charge in [-0.15, -0.1) is 0 Å². The van der Waals surface area contributed by atoms with Crippen molar-refractivity contribution >= 4 is 168 Å². The molecular formula is CH4S17. The molecule has 0 saturated carbocycles. The molecule has 0 atom stereocenters. The fourth-order valence-corrected chi connectivity index (χ4v) is 38.3. The average Bonchev–Trinajstić information content (AvgIpc) is 2.29. The van der Waals surface area contributed by atoms with E-state index in [-0.39, 0.29) is 0 Å². The highest BCUT2D eigenvalue weighted by Crippen LogP contribution is 2.62. The van der Waals surface area contributed by atoms with E-state index in [0.717, 1.165) is 0 Å². The van der Waals surface area contributed by atoms with E-state index in [1.54, 1.807) is 118 Å². The number of rotatable bonds is 13. The summed E-state index contributed by atoms with van der Waals surface area (Å²) in [5, 5.41) is 0. The third-order valence-electron chi connectivity index (χ3n) is 0.460. The zero-order valence-corrected chi connectivity index (χ0v) is 21.9. The van der Waals surface area contributed by atoms with Crippen LogP contribution in [0.4, 0.5) is 0 Å². The van der Waals surface area contributed by atoms with Crippen LogP contribution < -0.4 is 0 Å². The lowest BCUT2D eigenvalue weighted by molar-refractivity contribution is 2.53. The van der Waals surface area contributed by atoms with E-state index in [9.17, 15) is 0 Å². The second-order valence-electron chi connectivity index (χ2n) is 1.60. The Balaban J connectivity index is 3.03. The molecule has 0 unspecified atom stereocenters. The molecule has 0 aromatic rings. The lowest BCUT2D eigenvalue weighted by Crippen LogP contribution is -1.75. The maximum absolute atomic E-state index is 5.15. The molecule has 17 heteroatoms. The Labute approximate surface area is 170 Å². The van der Waals surface area contributed by atoms with Crippen molar-refractivity contribution in [1.82, 2.24) is 0 Å². The summed E-state index contributed by atoms with van der Waals surface area (Å²) in [5.74, 6) is 0. The lowest BCUT2D eigenvalue weighted by Gasteiger charge is -2.00. The van der Waals surface area contributed by atoms with Crippen LogP contribution in [0.3, 0.4) is 0 Å². The van der Waals surface area contributed by atoms with Crippen LogP contribution in [0.5, 0.6) is 0 Å². The first-order valence-electron chi connectivity index (χ1n) is 3.09. The molecule has 0 aliphatic heterocycles. The standard InChI is InChI=1S/CH4S17/c1-18(3,4)17-16-15-14-13-12-11-10-9-8-7-6-5-2/h2H,1H3. The smallest absolute Gasteiger partial charge is 0.000468 e. The van der Waals surface area contributed by atoms with Crippen LogP contribution in [-0.4, -0.2) is 6.26 Å². The zero-order valence-electron chi connectivity index (χ0n) is 7.98. The van der Waals surface area contributed by atoms with E-state index in [1.165, 1.54) is 9.83 Å². The van der Waals surface area contributed by atoms with E-state index < -0.39 is 6.18 Å². The molecule has 0 spiro atoms. The van der Waals surface area contributed by atoms with Crippen molar-refractivity contribution in [1.29, 1.82) is 0 Å². The number of hydrogen-bond acceptors (Lipinski definition) is 16. The zero-order chi connectivity index (χ0) is 13.7. The fraction of sp³-hybridized carbons (Fsp3) is 1.00. The largest absolute Gasteiger partial charge is 0.0988 e. The first-order chi connectivity index (χ1) is 8.56. The van der Waals surface area contributed by atoms with Gasteiger partial charge < -0.3 is 0 Å². The third-order valence-corrected chi connectivity index (χ3v) is 33.6. The molecule has 18 heavy (non-hydrogen) atoms. The SMILES string of the molecule is CS(=S)(=S)SSSSSSSSSSSSSS. The summed E-state index contributed by atoms with van der Waals surface area (Å²) in [5.41, 5.74) is 0. The quantitative estimate of drug-likeness (QED) is 0.129. The molecule has 0 radical (unpaired) electrons. The van der Waals surface area contributed by atoms with Crippen molar-refractivity contribution in [3.63, 3.8) is 0 Å². The molecule has 0 aliphatic rings. The molecule has 0 bridgehead atoms. The molecule has 0 amide bonds. The summed E-state index contributed by atoms with van der Waals surface area (Å²) in [7, 11) is 22.3. The van der Waals surface area contributed by atoms with Gasteiger partial charge in [-0.05, 0) is 156 Å². The van der Waals surface area contributed by atoms with Crippen molar-refractivity contribution in [2.24, 2.45) is 0 Å². The van der Waals surface area contributed by atoms with Gasteiger partial charge in [0, 0.05) is 6.26 Å². The van der Waals surface area contributed by atoms with Crippen LogP contribution in [0.2, 0.25) is 0 Å². The second-order valence-corrected chi connectivity index (χ2v) is 34.1. The van der Waals surface area contributed by atoms with E-state index in [4.69, 9.17) is 22.4 Å². The lowest BCUT2D eigenvalue weighted by atomic mass is 12.0. The maximum atomic E-state index is 5.15. The van der Waals surface area contributed by atoms with Crippen LogP contribution in [0, 0.1) is 0 Å². The summed E-state index contributed by atoms with van der Waals surface area (Å²) < 4.78 is 0. The maximum Gasteiger partial charge on any atom is 0.000468 e. The van der Waals surface area contributed by atoms with Gasteiger partial charge in [0.15, 0.2) is 0 Å². The van der Waals surface area contributed by atoms with Crippen LogP contribution in [0.15, 0.2) is 0 Å². The molecule has 0 rings (SSSR count). The van der Waals surface area contributed by atoms with Gasteiger partial charge in [-0.2, -0.15) is 0 Å². The van der Waals surface area contributed by atoms with E-state index in [1.807, 2.05) is 6.26 Å². The molecule has 0 nitrogen and oxygen atoms in total. The first kappa shape index (κ1) is 23.7. The number of thiol groups is 1. The van der Waals surface area contributed by atoms with Crippen molar-refractivity contribution < 1.29 is 0 Å². The minimum absolute atomic E-state index is 1.27. The Morgan fingerprint density at radius 3 is 1.33 bits per heavy atom. The van der Waals surface area contributed by atoms with Crippen molar-refractivity contribution in [3.05, 3.63) is 0 Å². The molecule has 0 fully saturated rings. The Hall–Kier alpha value is 5.69. The first-order valence-corrected chi connectivity index (χ1v) is 25.4. The highest BCUT2D eigenvalue weighted by atomic mass is 34.0.